The first-order valence-electron chi connectivity index (χ1n) is 10.0. The van der Waals surface area contributed by atoms with Crippen LogP contribution < -0.4 is 5.32 Å². The average Bonchev–Trinajstić information content (AvgIpc) is 2.75. The summed E-state index contributed by atoms with van der Waals surface area (Å²) in [5.74, 6) is -0.0689. The van der Waals surface area contributed by atoms with Gasteiger partial charge in [0, 0.05) is 25.6 Å². The molecule has 2 aromatic carbocycles. The third-order valence-corrected chi connectivity index (χ3v) is 8.09. The zero-order chi connectivity index (χ0) is 21.7. The lowest BCUT2D eigenvalue weighted by Gasteiger charge is -2.30. The molecule has 0 radical (unpaired) electrons. The molecule has 5 nitrogen and oxygen atoms in total. The van der Waals surface area contributed by atoms with Crippen molar-refractivity contribution in [1.82, 2.24) is 9.62 Å². The zero-order valence-corrected chi connectivity index (χ0v) is 19.2. The summed E-state index contributed by atoms with van der Waals surface area (Å²) in [5, 5.41) is 3.75. The Bertz CT molecular complexity index is 975. The van der Waals surface area contributed by atoms with Crippen LogP contribution in [-0.2, 0) is 20.6 Å². The van der Waals surface area contributed by atoms with Crippen LogP contribution in [-0.4, -0.2) is 38.3 Å². The fourth-order valence-corrected chi connectivity index (χ4v) is 5.50. The number of benzene rings is 2. The molecule has 0 saturated carbocycles. The number of nitrogens with one attached hydrogen (secondary N) is 1. The van der Waals surface area contributed by atoms with E-state index in [-0.39, 0.29) is 23.5 Å². The summed E-state index contributed by atoms with van der Waals surface area (Å²) < 4.78 is 27.0. The second-order valence-corrected chi connectivity index (χ2v) is 10.5. The normalized spacial score (nSPS) is 16.9. The molecule has 1 amide bonds. The number of sulfonamides is 1. The lowest BCUT2D eigenvalue weighted by molar-refractivity contribution is -0.126. The van der Waals surface area contributed by atoms with Crippen molar-refractivity contribution in [3.05, 3.63) is 69.7 Å². The lowest BCUT2D eigenvalue weighted by atomic mass is 9.96. The van der Waals surface area contributed by atoms with E-state index in [0.29, 0.717) is 48.1 Å². The van der Waals surface area contributed by atoms with Crippen LogP contribution in [0.5, 0.6) is 0 Å². The summed E-state index contributed by atoms with van der Waals surface area (Å²) in [4.78, 5) is 12.5. The quantitative estimate of drug-likeness (QED) is 0.652. The van der Waals surface area contributed by atoms with E-state index in [2.05, 4.69) is 12.2 Å². The smallest absolute Gasteiger partial charge is 0.223 e. The van der Waals surface area contributed by atoms with E-state index in [1.165, 1.54) is 9.87 Å². The second-order valence-electron chi connectivity index (χ2n) is 7.73. The van der Waals surface area contributed by atoms with Crippen LogP contribution in [0.25, 0.3) is 0 Å². The van der Waals surface area contributed by atoms with Crippen LogP contribution in [0.15, 0.2) is 48.5 Å². The van der Waals surface area contributed by atoms with Gasteiger partial charge in [0.2, 0.25) is 15.9 Å². The number of hydrogen-bond donors (Lipinski definition) is 1. The third-order valence-electron chi connectivity index (χ3n) is 5.50. The van der Waals surface area contributed by atoms with E-state index in [0.717, 1.165) is 0 Å². The number of carbonyl (C=O) groups is 1. The van der Waals surface area contributed by atoms with Crippen LogP contribution in [0.1, 0.15) is 36.8 Å². The Hall–Kier alpha value is -1.60. The van der Waals surface area contributed by atoms with Crippen molar-refractivity contribution in [2.75, 3.05) is 19.6 Å². The van der Waals surface area contributed by atoms with Gasteiger partial charge in [0.15, 0.2) is 0 Å². The number of hydrogen-bond acceptors (Lipinski definition) is 3. The Morgan fingerprint density at radius 3 is 2.40 bits per heavy atom. The zero-order valence-electron chi connectivity index (χ0n) is 16.9. The number of nitrogens with zero attached hydrogens (tertiary/aromatic N) is 1. The highest BCUT2D eigenvalue weighted by Gasteiger charge is 2.31. The molecule has 0 aromatic heterocycles. The van der Waals surface area contributed by atoms with Crippen LogP contribution >= 0.6 is 23.2 Å². The van der Waals surface area contributed by atoms with Gasteiger partial charge in [-0.15, -0.1) is 0 Å². The van der Waals surface area contributed by atoms with Crippen molar-refractivity contribution in [2.45, 2.75) is 31.4 Å². The Balaban J connectivity index is 1.49. The van der Waals surface area contributed by atoms with Crippen LogP contribution in [0.3, 0.4) is 0 Å². The van der Waals surface area contributed by atoms with E-state index in [1.807, 2.05) is 30.3 Å². The van der Waals surface area contributed by atoms with E-state index in [9.17, 15) is 13.2 Å². The molecule has 2 aromatic rings. The molecule has 1 saturated heterocycles. The fraction of sp³-hybridized carbons (Fsp3) is 0.409. The SMILES string of the molecule is C[C@@H](CNC(=O)C1CCN(S(=O)(=O)Cc2ccc(Cl)c(Cl)c2)CC1)c1ccccc1. The van der Waals surface area contributed by atoms with Gasteiger partial charge in [0.25, 0.3) is 0 Å². The molecule has 1 aliphatic heterocycles. The standard InChI is InChI=1S/C22H26Cl2N2O3S/c1-16(18-5-3-2-4-6-18)14-25-22(27)19-9-11-26(12-10-19)30(28,29)15-17-7-8-20(23)21(24)13-17/h2-8,13,16,19H,9-12,14-15H2,1H3,(H,25,27)/t16-/m0/s1. The van der Waals surface area contributed by atoms with Crippen molar-refractivity contribution in [3.8, 4) is 0 Å². The molecule has 1 heterocycles. The maximum atomic E-state index is 12.7. The lowest BCUT2D eigenvalue weighted by Crippen LogP contribution is -2.43. The Morgan fingerprint density at radius 2 is 1.77 bits per heavy atom. The molecule has 1 atom stereocenters. The first-order valence-corrected chi connectivity index (χ1v) is 12.4. The van der Waals surface area contributed by atoms with Crippen molar-refractivity contribution in [3.63, 3.8) is 0 Å². The summed E-state index contributed by atoms with van der Waals surface area (Å²) in [6.45, 7) is 3.33. The van der Waals surface area contributed by atoms with E-state index < -0.39 is 10.0 Å². The maximum Gasteiger partial charge on any atom is 0.223 e. The minimum absolute atomic E-state index is 0.000637. The van der Waals surface area contributed by atoms with Gasteiger partial charge in [-0.3, -0.25) is 4.79 Å². The average molecular weight is 469 g/mol. The van der Waals surface area contributed by atoms with Crippen LogP contribution in [0.4, 0.5) is 0 Å². The summed E-state index contributed by atoms with van der Waals surface area (Å²) in [5.41, 5.74) is 1.78. The van der Waals surface area contributed by atoms with Gasteiger partial charge in [-0.05, 0) is 42.0 Å². The molecule has 8 heteroatoms. The number of rotatable bonds is 7. The van der Waals surface area contributed by atoms with Gasteiger partial charge in [0.1, 0.15) is 0 Å². The predicted molar refractivity (Wildman–Crippen MR) is 121 cm³/mol. The molecule has 162 valence electrons. The predicted octanol–water partition coefficient (Wildman–Crippen LogP) is 4.46. The van der Waals surface area contributed by atoms with Gasteiger partial charge < -0.3 is 5.32 Å². The molecule has 0 aliphatic carbocycles. The Morgan fingerprint density at radius 1 is 1.10 bits per heavy atom. The minimum Gasteiger partial charge on any atom is -0.355 e. The monoisotopic (exact) mass is 468 g/mol. The number of carbonyl (C=O) groups excluding carboxylic acids is 1. The molecule has 30 heavy (non-hydrogen) atoms. The minimum atomic E-state index is -3.48. The number of piperidine rings is 1. The van der Waals surface area contributed by atoms with Crippen molar-refractivity contribution >= 4 is 39.1 Å². The summed E-state index contributed by atoms with van der Waals surface area (Å²) in [6.07, 6.45) is 1.04. The van der Waals surface area contributed by atoms with Gasteiger partial charge in [-0.1, -0.05) is 66.5 Å². The van der Waals surface area contributed by atoms with Crippen molar-refractivity contribution in [1.29, 1.82) is 0 Å². The third kappa shape index (κ3) is 5.97. The molecule has 0 bridgehead atoms. The Labute approximate surface area is 188 Å². The topological polar surface area (TPSA) is 66.5 Å². The molecule has 3 rings (SSSR count). The summed E-state index contributed by atoms with van der Waals surface area (Å²) >= 11 is 11.9. The molecular formula is C22H26Cl2N2O3S. The number of amides is 1. The highest BCUT2D eigenvalue weighted by atomic mass is 35.5. The van der Waals surface area contributed by atoms with Gasteiger partial charge in [-0.2, -0.15) is 0 Å². The van der Waals surface area contributed by atoms with Gasteiger partial charge >= 0.3 is 0 Å². The number of halogens is 2. The Kier molecular flexibility index (Phi) is 7.80. The van der Waals surface area contributed by atoms with E-state index >= 15 is 0 Å². The van der Waals surface area contributed by atoms with E-state index in [4.69, 9.17) is 23.2 Å². The molecule has 0 spiro atoms. The molecule has 0 unspecified atom stereocenters. The largest absolute Gasteiger partial charge is 0.355 e. The summed E-state index contributed by atoms with van der Waals surface area (Å²) in [7, 11) is -3.48. The first kappa shape index (κ1) is 23.1. The van der Waals surface area contributed by atoms with Crippen LogP contribution in [0, 0.1) is 5.92 Å². The van der Waals surface area contributed by atoms with Crippen molar-refractivity contribution in [2.24, 2.45) is 5.92 Å². The summed E-state index contributed by atoms with van der Waals surface area (Å²) in [6, 6.07) is 14.9. The maximum absolute atomic E-state index is 12.7. The second kappa shape index (κ2) is 10.1. The molecule has 1 N–H and O–H groups in total. The highest BCUT2D eigenvalue weighted by molar-refractivity contribution is 7.88. The van der Waals surface area contributed by atoms with Crippen LogP contribution in [0.2, 0.25) is 10.0 Å². The highest BCUT2D eigenvalue weighted by Crippen LogP contribution is 2.26. The molecule has 1 aliphatic rings. The van der Waals surface area contributed by atoms with Gasteiger partial charge in [-0.25, -0.2) is 12.7 Å². The molecule has 1 fully saturated rings. The van der Waals surface area contributed by atoms with E-state index in [1.54, 1.807) is 18.2 Å². The van der Waals surface area contributed by atoms with Gasteiger partial charge in [0.05, 0.1) is 15.8 Å². The molecular weight excluding hydrogens is 443 g/mol. The first-order chi connectivity index (χ1) is 14.3. The fourth-order valence-electron chi connectivity index (χ4n) is 3.62. The van der Waals surface area contributed by atoms with Crippen molar-refractivity contribution < 1.29 is 13.2 Å².